The molecule has 0 aliphatic carbocycles. The number of nitrogens with zero attached hydrogens (tertiary/aromatic N) is 1. The molecule has 1 fully saturated rings. The summed E-state index contributed by atoms with van der Waals surface area (Å²) in [5.41, 5.74) is -0.551. The molecule has 1 unspecified atom stereocenters. The van der Waals surface area contributed by atoms with Gasteiger partial charge in [-0.15, -0.1) is 11.3 Å². The van der Waals surface area contributed by atoms with Crippen molar-refractivity contribution in [2.75, 3.05) is 13.1 Å². The maximum absolute atomic E-state index is 12.5. The van der Waals surface area contributed by atoms with Crippen LogP contribution in [0.3, 0.4) is 0 Å². The number of hydrogen-bond acceptors (Lipinski definition) is 4. The minimum absolute atomic E-state index is 0.115. The van der Waals surface area contributed by atoms with E-state index >= 15 is 0 Å². The van der Waals surface area contributed by atoms with Crippen molar-refractivity contribution in [3.8, 4) is 0 Å². The first kappa shape index (κ1) is 14.5. The molecule has 2 heterocycles. The number of carbonyl (C=O) groups excluding carboxylic acids is 1. The second-order valence-electron chi connectivity index (χ2n) is 4.81. The van der Waals surface area contributed by atoms with Crippen LogP contribution in [-0.4, -0.2) is 23.9 Å². The van der Waals surface area contributed by atoms with Crippen LogP contribution >= 0.6 is 11.3 Å². The number of thiazole rings is 1. The molecule has 0 aromatic carbocycles. The molecule has 0 spiro atoms. The van der Waals surface area contributed by atoms with Crippen molar-refractivity contribution < 1.29 is 18.0 Å². The number of carbonyl (C=O) groups is 1. The first-order chi connectivity index (χ1) is 8.89. The number of hydrogen-bond donors (Lipinski definition) is 1. The molecule has 19 heavy (non-hydrogen) atoms. The summed E-state index contributed by atoms with van der Waals surface area (Å²) >= 11 is 0.446. The van der Waals surface area contributed by atoms with Gasteiger partial charge in [0.2, 0.25) is 0 Å². The highest BCUT2D eigenvalue weighted by molar-refractivity contribution is 7.13. The minimum Gasteiger partial charge on any atom is -0.316 e. The van der Waals surface area contributed by atoms with Gasteiger partial charge in [0.15, 0.2) is 10.8 Å². The van der Waals surface area contributed by atoms with E-state index in [0.29, 0.717) is 30.7 Å². The first-order valence-electron chi connectivity index (χ1n) is 6.17. The molecule has 1 aliphatic heterocycles. The zero-order chi connectivity index (χ0) is 14.1. The van der Waals surface area contributed by atoms with Crippen LogP contribution in [0, 0.1) is 5.41 Å². The van der Waals surface area contributed by atoms with Gasteiger partial charge in [-0.2, -0.15) is 13.2 Å². The third kappa shape index (κ3) is 2.81. The lowest BCUT2D eigenvalue weighted by Crippen LogP contribution is -2.33. The second-order valence-corrected chi connectivity index (χ2v) is 5.84. The molecule has 1 N–H and O–H groups in total. The van der Waals surface area contributed by atoms with Crippen molar-refractivity contribution in [1.29, 1.82) is 0 Å². The second kappa shape index (κ2) is 5.20. The predicted molar refractivity (Wildman–Crippen MR) is 66.3 cm³/mol. The zero-order valence-corrected chi connectivity index (χ0v) is 11.3. The summed E-state index contributed by atoms with van der Waals surface area (Å²) in [7, 11) is 0. The van der Waals surface area contributed by atoms with Gasteiger partial charge in [-0.3, -0.25) is 4.79 Å². The van der Waals surface area contributed by atoms with Crippen LogP contribution in [0.25, 0.3) is 0 Å². The summed E-state index contributed by atoms with van der Waals surface area (Å²) in [5, 5.41) is 2.18. The highest BCUT2D eigenvalue weighted by Gasteiger charge is 2.43. The molecule has 106 valence electrons. The highest BCUT2D eigenvalue weighted by Crippen LogP contribution is 2.38. The first-order valence-corrected chi connectivity index (χ1v) is 6.99. The van der Waals surface area contributed by atoms with Crippen LogP contribution in [0.1, 0.15) is 40.9 Å². The molecule has 3 nitrogen and oxygen atoms in total. The van der Waals surface area contributed by atoms with Crippen LogP contribution in [0.5, 0.6) is 0 Å². The van der Waals surface area contributed by atoms with Gasteiger partial charge in [-0.1, -0.05) is 13.3 Å². The maximum Gasteiger partial charge on any atom is 0.443 e. The molecule has 7 heteroatoms. The number of rotatable bonds is 4. The molecule has 1 atom stereocenters. The Balaban J connectivity index is 2.25. The van der Waals surface area contributed by atoms with E-state index in [-0.39, 0.29) is 10.7 Å². The van der Waals surface area contributed by atoms with Crippen molar-refractivity contribution in [2.45, 2.75) is 32.4 Å². The molecule has 1 aliphatic rings. The fourth-order valence-corrected chi connectivity index (χ4v) is 3.36. The minimum atomic E-state index is -4.48. The summed E-state index contributed by atoms with van der Waals surface area (Å²) < 4.78 is 37.5. The predicted octanol–water partition coefficient (Wildman–Crippen LogP) is 3.12. The quantitative estimate of drug-likeness (QED) is 0.867. The number of Topliss-reactive ketones (excluding diaryl/α,β-unsaturated/α-hetero) is 1. The molecular weight excluding hydrogens is 277 g/mol. The van der Waals surface area contributed by atoms with Gasteiger partial charge in [0.05, 0.1) is 4.88 Å². The number of aromatic nitrogens is 1. The molecule has 1 aromatic rings. The molecule has 0 radical (unpaired) electrons. The Hall–Kier alpha value is -0.950. The van der Waals surface area contributed by atoms with Gasteiger partial charge in [0.25, 0.3) is 0 Å². The molecule has 1 aromatic heterocycles. The van der Waals surface area contributed by atoms with E-state index in [1.165, 1.54) is 0 Å². The Bertz CT molecular complexity index is 464. The Kier molecular flexibility index (Phi) is 3.96. The number of nitrogens with one attached hydrogen (secondary N) is 1. The third-order valence-corrected chi connectivity index (χ3v) is 4.47. The van der Waals surface area contributed by atoms with Crippen molar-refractivity contribution in [3.63, 3.8) is 0 Å². The SMILES string of the molecule is CCCC1(C(=O)c2cnc(C(F)(F)F)s2)CCNC1. The normalized spacial score (nSPS) is 23.8. The standard InChI is InChI=1S/C12H15F3N2OS/c1-2-3-11(4-5-16-7-11)9(18)8-6-17-10(19-8)12(13,14)15/h6,16H,2-5,7H2,1H3. The van der Waals surface area contributed by atoms with Crippen molar-refractivity contribution in [1.82, 2.24) is 10.3 Å². The average Bonchev–Trinajstić information content (AvgIpc) is 2.96. The third-order valence-electron chi connectivity index (χ3n) is 3.43. The van der Waals surface area contributed by atoms with Crippen molar-refractivity contribution >= 4 is 17.1 Å². The van der Waals surface area contributed by atoms with Gasteiger partial charge < -0.3 is 5.32 Å². The lowest BCUT2D eigenvalue weighted by molar-refractivity contribution is -0.137. The number of halogens is 3. The molecule has 0 bridgehead atoms. The monoisotopic (exact) mass is 292 g/mol. The van der Waals surface area contributed by atoms with Crippen LogP contribution in [0.4, 0.5) is 13.2 Å². The summed E-state index contributed by atoms with van der Waals surface area (Å²) in [4.78, 5) is 15.9. The Morgan fingerprint density at radius 2 is 2.32 bits per heavy atom. The van der Waals surface area contributed by atoms with Gasteiger partial charge in [0.1, 0.15) is 0 Å². The van der Waals surface area contributed by atoms with Gasteiger partial charge in [-0.05, 0) is 19.4 Å². The van der Waals surface area contributed by atoms with Crippen LogP contribution in [-0.2, 0) is 6.18 Å². The molecule has 1 saturated heterocycles. The largest absolute Gasteiger partial charge is 0.443 e. The van der Waals surface area contributed by atoms with Crippen LogP contribution in [0.15, 0.2) is 6.20 Å². The van der Waals surface area contributed by atoms with E-state index in [0.717, 1.165) is 19.2 Å². The lowest BCUT2D eigenvalue weighted by atomic mass is 9.78. The van der Waals surface area contributed by atoms with Crippen LogP contribution < -0.4 is 5.32 Å². The summed E-state index contributed by atoms with van der Waals surface area (Å²) in [6.07, 6.45) is -1.21. The van der Waals surface area contributed by atoms with E-state index in [9.17, 15) is 18.0 Å². The highest BCUT2D eigenvalue weighted by atomic mass is 32.1. The number of alkyl halides is 3. The molecule has 0 amide bonds. The Labute approximate surface area is 113 Å². The van der Waals surface area contributed by atoms with E-state index in [1.54, 1.807) is 0 Å². The van der Waals surface area contributed by atoms with Crippen molar-refractivity contribution in [3.05, 3.63) is 16.1 Å². The summed E-state index contributed by atoms with van der Waals surface area (Å²) in [6, 6.07) is 0. The zero-order valence-electron chi connectivity index (χ0n) is 10.5. The topological polar surface area (TPSA) is 42.0 Å². The van der Waals surface area contributed by atoms with E-state index < -0.39 is 16.6 Å². The van der Waals surface area contributed by atoms with E-state index in [4.69, 9.17) is 0 Å². The fraction of sp³-hybridized carbons (Fsp3) is 0.667. The Morgan fingerprint density at radius 3 is 2.79 bits per heavy atom. The number of ketones is 1. The molecule has 2 rings (SSSR count). The maximum atomic E-state index is 12.5. The molecular formula is C12H15F3N2OS. The summed E-state index contributed by atoms with van der Waals surface area (Å²) in [6.45, 7) is 3.25. The van der Waals surface area contributed by atoms with Gasteiger partial charge in [0, 0.05) is 18.2 Å². The van der Waals surface area contributed by atoms with Gasteiger partial charge in [-0.25, -0.2) is 4.98 Å². The Morgan fingerprint density at radius 1 is 1.58 bits per heavy atom. The van der Waals surface area contributed by atoms with Crippen molar-refractivity contribution in [2.24, 2.45) is 5.41 Å². The van der Waals surface area contributed by atoms with Gasteiger partial charge >= 0.3 is 6.18 Å². The fourth-order valence-electron chi connectivity index (χ4n) is 2.51. The summed E-state index contributed by atoms with van der Waals surface area (Å²) in [5.74, 6) is -0.202. The lowest BCUT2D eigenvalue weighted by Gasteiger charge is -2.25. The van der Waals surface area contributed by atoms with E-state index in [2.05, 4.69) is 10.3 Å². The van der Waals surface area contributed by atoms with Crippen LogP contribution in [0.2, 0.25) is 0 Å². The van der Waals surface area contributed by atoms with E-state index in [1.807, 2.05) is 6.92 Å². The smallest absolute Gasteiger partial charge is 0.316 e. The molecule has 0 saturated carbocycles. The average molecular weight is 292 g/mol.